The van der Waals surface area contributed by atoms with E-state index in [0.717, 1.165) is 0 Å². The van der Waals surface area contributed by atoms with Crippen LogP contribution in [-0.4, -0.2) is 40.7 Å². The maximum absolute atomic E-state index is 13.4. The number of carbonyl (C=O) groups is 1. The molecule has 0 saturated carbocycles. The molecule has 0 bridgehead atoms. The Morgan fingerprint density at radius 2 is 1.97 bits per heavy atom. The number of oxime groups is 1. The molecule has 156 valence electrons. The lowest BCUT2D eigenvalue weighted by Crippen LogP contribution is -2.17. The van der Waals surface area contributed by atoms with Gasteiger partial charge in [-0.25, -0.2) is 9.02 Å². The third-order valence-electron chi connectivity index (χ3n) is 4.13. The molecule has 1 aromatic heterocycles. The molecule has 0 aliphatic carbocycles. The Morgan fingerprint density at radius 1 is 1.20 bits per heavy atom. The van der Waals surface area contributed by atoms with Crippen molar-refractivity contribution in [3.8, 4) is 11.5 Å². The van der Waals surface area contributed by atoms with E-state index in [2.05, 4.69) is 31.4 Å². The van der Waals surface area contributed by atoms with Crippen molar-refractivity contribution in [2.75, 3.05) is 13.7 Å². The number of nitrogens with zero attached hydrogens (tertiary/aromatic N) is 3. The predicted molar refractivity (Wildman–Crippen MR) is 108 cm³/mol. The van der Waals surface area contributed by atoms with Gasteiger partial charge in [-0.05, 0) is 50.9 Å². The van der Waals surface area contributed by atoms with Gasteiger partial charge in [-0.1, -0.05) is 28.5 Å². The van der Waals surface area contributed by atoms with E-state index in [1.165, 1.54) is 13.2 Å². The molecule has 0 unspecified atom stereocenters. The third-order valence-corrected chi connectivity index (χ3v) is 4.74. The zero-order chi connectivity index (χ0) is 21.5. The molecule has 8 nitrogen and oxygen atoms in total. The van der Waals surface area contributed by atoms with E-state index in [-0.39, 0.29) is 46.8 Å². The minimum absolute atomic E-state index is 0.127. The van der Waals surface area contributed by atoms with Gasteiger partial charge in [0.05, 0.1) is 18.0 Å². The van der Waals surface area contributed by atoms with Crippen LogP contribution in [0.2, 0.25) is 0 Å². The molecule has 0 saturated heterocycles. The van der Waals surface area contributed by atoms with Crippen LogP contribution in [0.3, 0.4) is 0 Å². The van der Waals surface area contributed by atoms with Gasteiger partial charge in [0.15, 0.2) is 23.0 Å². The van der Waals surface area contributed by atoms with Gasteiger partial charge in [0.2, 0.25) is 0 Å². The highest BCUT2D eigenvalue weighted by Crippen LogP contribution is 2.25. The number of ketones is 1. The topological polar surface area (TPSA) is 107 Å². The van der Waals surface area contributed by atoms with Crippen LogP contribution in [-0.2, 0) is 17.6 Å². The van der Waals surface area contributed by atoms with Crippen molar-refractivity contribution >= 4 is 27.4 Å². The maximum Gasteiger partial charge on any atom is 0.176 e. The van der Waals surface area contributed by atoms with Gasteiger partial charge >= 0.3 is 0 Å². The molecule has 0 aliphatic rings. The molecule has 3 rings (SSSR count). The SMILES string of the molecule is COc1ccccc1OCC(=O)Cc1nonc1C(Cc1ccc(F)c(Br)c1)=NO. The number of aromatic nitrogens is 2. The second kappa shape index (κ2) is 9.97. The summed E-state index contributed by atoms with van der Waals surface area (Å²) < 4.78 is 29.1. The highest BCUT2D eigenvalue weighted by Gasteiger charge is 2.21. The molecular weight excluding hydrogens is 461 g/mol. The lowest BCUT2D eigenvalue weighted by atomic mass is 10.0. The summed E-state index contributed by atoms with van der Waals surface area (Å²) in [6.45, 7) is -0.219. The van der Waals surface area contributed by atoms with Crippen molar-refractivity contribution in [2.24, 2.45) is 5.16 Å². The van der Waals surface area contributed by atoms with E-state index in [0.29, 0.717) is 17.1 Å². The zero-order valence-electron chi connectivity index (χ0n) is 15.8. The molecule has 30 heavy (non-hydrogen) atoms. The Bertz CT molecular complexity index is 1070. The fourth-order valence-electron chi connectivity index (χ4n) is 2.69. The van der Waals surface area contributed by atoms with Crippen LogP contribution in [0.1, 0.15) is 17.0 Å². The number of hydrogen-bond donors (Lipinski definition) is 1. The van der Waals surface area contributed by atoms with E-state index in [4.69, 9.17) is 14.1 Å². The van der Waals surface area contributed by atoms with Gasteiger partial charge in [-0.2, -0.15) is 0 Å². The number of methoxy groups -OCH3 is 1. The molecule has 2 aromatic carbocycles. The lowest BCUT2D eigenvalue weighted by Gasteiger charge is -2.09. The monoisotopic (exact) mass is 477 g/mol. The standard InChI is InChI=1S/C20H17BrFN3O5/c1-28-18-4-2-3-5-19(18)29-11-13(26)10-17-20(25-30-24-17)16(23-27)9-12-6-7-15(22)14(21)8-12/h2-8,27H,9-11H2,1H3. The van der Waals surface area contributed by atoms with Gasteiger partial charge in [0.25, 0.3) is 0 Å². The maximum atomic E-state index is 13.4. The van der Waals surface area contributed by atoms with Crippen LogP contribution in [0.15, 0.2) is 56.7 Å². The fraction of sp³-hybridized carbons (Fsp3) is 0.200. The van der Waals surface area contributed by atoms with Gasteiger partial charge in [0.1, 0.15) is 23.8 Å². The number of Topliss-reactive ketones (excluding diaryl/α,β-unsaturated/α-hetero) is 1. The fourth-order valence-corrected chi connectivity index (χ4v) is 3.11. The zero-order valence-corrected chi connectivity index (χ0v) is 17.4. The number of halogens is 2. The van der Waals surface area contributed by atoms with Crippen molar-refractivity contribution in [3.63, 3.8) is 0 Å². The first-order valence-corrected chi connectivity index (χ1v) is 9.55. The molecule has 3 aromatic rings. The van der Waals surface area contributed by atoms with Gasteiger partial charge in [0, 0.05) is 6.42 Å². The largest absolute Gasteiger partial charge is 0.493 e. The highest BCUT2D eigenvalue weighted by atomic mass is 79.9. The number of rotatable bonds is 9. The van der Waals surface area contributed by atoms with Gasteiger partial charge < -0.3 is 14.7 Å². The first-order valence-electron chi connectivity index (χ1n) is 8.76. The number of benzene rings is 2. The van der Waals surface area contributed by atoms with Gasteiger partial charge in [-0.3, -0.25) is 4.79 Å². The smallest absolute Gasteiger partial charge is 0.176 e. The number of hydrogen-bond acceptors (Lipinski definition) is 8. The first kappa shape index (κ1) is 21.4. The molecule has 0 radical (unpaired) electrons. The summed E-state index contributed by atoms with van der Waals surface area (Å²) in [6, 6.07) is 11.3. The summed E-state index contributed by atoms with van der Waals surface area (Å²) in [5.74, 6) is 0.242. The minimum Gasteiger partial charge on any atom is -0.493 e. The normalized spacial score (nSPS) is 11.4. The Balaban J connectivity index is 1.67. The number of carbonyl (C=O) groups excluding carboxylic acids is 1. The Hall–Kier alpha value is -3.27. The Kier molecular flexibility index (Phi) is 7.12. The molecular formula is C20H17BrFN3O5. The molecule has 1 heterocycles. The summed E-state index contributed by atoms with van der Waals surface area (Å²) in [7, 11) is 1.51. The molecule has 0 amide bonds. The van der Waals surface area contributed by atoms with Crippen molar-refractivity contribution < 1.29 is 28.5 Å². The van der Waals surface area contributed by atoms with Crippen LogP contribution in [0.5, 0.6) is 11.5 Å². The number of ether oxygens (including phenoxy) is 2. The third kappa shape index (κ3) is 5.20. The minimum atomic E-state index is -0.411. The highest BCUT2D eigenvalue weighted by molar-refractivity contribution is 9.10. The molecule has 0 aliphatic heterocycles. The van der Waals surface area contributed by atoms with Crippen molar-refractivity contribution in [2.45, 2.75) is 12.8 Å². The second-order valence-electron chi connectivity index (χ2n) is 6.19. The predicted octanol–water partition coefficient (Wildman–Crippen LogP) is 3.59. The van der Waals surface area contributed by atoms with Crippen LogP contribution in [0.4, 0.5) is 4.39 Å². The summed E-state index contributed by atoms with van der Waals surface area (Å²) in [6.07, 6.45) is -0.0113. The first-order chi connectivity index (χ1) is 14.5. The van der Waals surface area contributed by atoms with Crippen LogP contribution >= 0.6 is 15.9 Å². The van der Waals surface area contributed by atoms with Crippen molar-refractivity contribution in [3.05, 3.63) is 69.7 Å². The Morgan fingerprint density at radius 3 is 2.67 bits per heavy atom. The van der Waals surface area contributed by atoms with Crippen LogP contribution in [0, 0.1) is 5.82 Å². The quantitative estimate of drug-likeness (QED) is 0.285. The van der Waals surface area contributed by atoms with Crippen molar-refractivity contribution in [1.29, 1.82) is 0 Å². The average Bonchev–Trinajstić information content (AvgIpc) is 3.21. The molecule has 10 heteroatoms. The van der Waals surface area contributed by atoms with E-state index in [1.54, 1.807) is 36.4 Å². The molecule has 1 N–H and O–H groups in total. The lowest BCUT2D eigenvalue weighted by molar-refractivity contribution is -0.120. The second-order valence-corrected chi connectivity index (χ2v) is 7.04. The summed E-state index contributed by atoms with van der Waals surface area (Å²) in [5.41, 5.74) is 1.14. The van der Waals surface area contributed by atoms with E-state index in [1.807, 2.05) is 0 Å². The van der Waals surface area contributed by atoms with E-state index >= 15 is 0 Å². The van der Waals surface area contributed by atoms with Crippen molar-refractivity contribution in [1.82, 2.24) is 10.3 Å². The van der Waals surface area contributed by atoms with E-state index in [9.17, 15) is 14.4 Å². The average molecular weight is 478 g/mol. The summed E-state index contributed by atoms with van der Waals surface area (Å²) in [5, 5.41) is 20.2. The summed E-state index contributed by atoms with van der Waals surface area (Å²) >= 11 is 3.11. The molecule has 0 atom stereocenters. The Labute approximate surface area is 179 Å². The number of para-hydroxylation sites is 2. The van der Waals surface area contributed by atoms with Crippen LogP contribution < -0.4 is 9.47 Å². The summed E-state index contributed by atoms with van der Waals surface area (Å²) in [4.78, 5) is 12.4. The van der Waals surface area contributed by atoms with Gasteiger partial charge in [-0.15, -0.1) is 0 Å². The van der Waals surface area contributed by atoms with Crippen LogP contribution in [0.25, 0.3) is 0 Å². The molecule has 0 fully saturated rings. The molecule has 0 spiro atoms. The van der Waals surface area contributed by atoms with E-state index < -0.39 is 5.82 Å².